The summed E-state index contributed by atoms with van der Waals surface area (Å²) in [5, 5.41) is 8.37. The summed E-state index contributed by atoms with van der Waals surface area (Å²) in [6, 6.07) is 63.5. The van der Waals surface area contributed by atoms with Crippen molar-refractivity contribution >= 4 is 44.1 Å². The molecular weight excluding hydrogens is 675 g/mol. The van der Waals surface area contributed by atoms with Gasteiger partial charge >= 0.3 is 0 Å². The summed E-state index contributed by atoms with van der Waals surface area (Å²) in [7, 11) is 0. The number of benzene rings is 8. The van der Waals surface area contributed by atoms with Gasteiger partial charge in [0.1, 0.15) is 11.4 Å². The van der Waals surface area contributed by atoms with Crippen LogP contribution in [0.15, 0.2) is 193 Å². The molecule has 2 aliphatic rings. The molecule has 260 valence electrons. The Bertz CT molecular complexity index is 3000. The molecule has 1 aromatic heterocycles. The fourth-order valence-electron chi connectivity index (χ4n) is 7.98. The molecule has 1 atom stereocenters. The summed E-state index contributed by atoms with van der Waals surface area (Å²) in [4.78, 5) is 5.15. The van der Waals surface area contributed by atoms with Gasteiger partial charge in [0.15, 0.2) is 23.0 Å². The SMILES string of the molecule is C1=C(c2ccccc2)N=C(c2cccc(-c3ccc(-n4c5cc6ccccc6cc5c5ccc6c(c54)Oc4ccccc4O6)cc3)c2)NC1c1ccccc1. The van der Waals surface area contributed by atoms with Gasteiger partial charge < -0.3 is 19.4 Å². The van der Waals surface area contributed by atoms with Gasteiger partial charge in [0.2, 0.25) is 0 Å². The molecule has 1 unspecified atom stereocenters. The van der Waals surface area contributed by atoms with Crippen molar-refractivity contribution in [2.24, 2.45) is 4.99 Å². The van der Waals surface area contributed by atoms with Gasteiger partial charge in [-0.2, -0.15) is 0 Å². The van der Waals surface area contributed by atoms with Crippen LogP contribution in [0.4, 0.5) is 0 Å². The minimum atomic E-state index is -0.0104. The monoisotopic (exact) mass is 707 g/mol. The second kappa shape index (κ2) is 12.6. The lowest BCUT2D eigenvalue weighted by atomic mass is 9.99. The Morgan fingerprint density at radius 2 is 1.16 bits per heavy atom. The van der Waals surface area contributed by atoms with Crippen LogP contribution in [-0.4, -0.2) is 10.4 Å². The number of amidine groups is 1. The second-order valence-electron chi connectivity index (χ2n) is 14.0. The third kappa shape index (κ3) is 5.36. The highest BCUT2D eigenvalue weighted by atomic mass is 16.6. The molecule has 11 rings (SSSR count). The molecule has 55 heavy (non-hydrogen) atoms. The minimum absolute atomic E-state index is 0.0104. The molecule has 0 bridgehead atoms. The van der Waals surface area contributed by atoms with E-state index in [9.17, 15) is 0 Å². The number of ether oxygens (including phenoxy) is 2. The van der Waals surface area contributed by atoms with Gasteiger partial charge in [-0.3, -0.25) is 0 Å². The fraction of sp³-hybridized carbons (Fsp3) is 0.0200. The van der Waals surface area contributed by atoms with Crippen LogP contribution < -0.4 is 14.8 Å². The first-order valence-electron chi connectivity index (χ1n) is 18.6. The molecule has 0 amide bonds. The average molecular weight is 708 g/mol. The number of para-hydroxylation sites is 2. The van der Waals surface area contributed by atoms with E-state index in [-0.39, 0.29) is 6.04 Å². The maximum Gasteiger partial charge on any atom is 0.194 e. The molecule has 0 spiro atoms. The quantitative estimate of drug-likeness (QED) is 0.194. The van der Waals surface area contributed by atoms with Crippen LogP contribution in [0.5, 0.6) is 23.0 Å². The van der Waals surface area contributed by atoms with E-state index in [1.807, 2.05) is 36.4 Å². The second-order valence-corrected chi connectivity index (χ2v) is 14.0. The number of hydrogen-bond acceptors (Lipinski definition) is 4. The smallest absolute Gasteiger partial charge is 0.194 e. The van der Waals surface area contributed by atoms with E-state index in [1.165, 1.54) is 16.3 Å². The lowest BCUT2D eigenvalue weighted by Gasteiger charge is -2.24. The largest absolute Gasteiger partial charge is 0.449 e. The zero-order chi connectivity index (χ0) is 36.3. The molecule has 3 heterocycles. The summed E-state index contributed by atoms with van der Waals surface area (Å²) >= 11 is 0. The average Bonchev–Trinajstić information content (AvgIpc) is 3.59. The van der Waals surface area contributed by atoms with Crippen LogP contribution in [0, 0.1) is 0 Å². The lowest BCUT2D eigenvalue weighted by molar-refractivity contribution is 0.362. The van der Waals surface area contributed by atoms with E-state index in [1.54, 1.807) is 0 Å². The first kappa shape index (κ1) is 31.2. The maximum absolute atomic E-state index is 6.65. The van der Waals surface area contributed by atoms with Crippen molar-refractivity contribution in [3.8, 4) is 39.8 Å². The standard InChI is InChI=1S/C50H33N3O2/c1-3-12-33(13-4-1)42-31-43(34-14-5-2-6-15-34)52-50(51-42)38-19-11-18-35(28-38)32-22-24-39(25-23-32)53-44-30-37-17-8-7-16-36(37)29-41(44)40-26-27-47-49(48(40)53)55-46-21-10-9-20-45(46)54-47/h1-31,42H,(H,51,52). The Morgan fingerprint density at radius 1 is 0.491 bits per heavy atom. The third-order valence-corrected chi connectivity index (χ3v) is 10.7. The number of hydrogen-bond donors (Lipinski definition) is 1. The van der Waals surface area contributed by atoms with Crippen LogP contribution in [0.1, 0.15) is 22.7 Å². The van der Waals surface area contributed by atoms with Crippen LogP contribution >= 0.6 is 0 Å². The van der Waals surface area contributed by atoms with Crippen molar-refractivity contribution in [1.29, 1.82) is 0 Å². The number of nitrogens with one attached hydrogen (secondary N) is 1. The summed E-state index contributed by atoms with van der Waals surface area (Å²) in [6.45, 7) is 0. The zero-order valence-corrected chi connectivity index (χ0v) is 29.7. The Morgan fingerprint density at radius 3 is 1.96 bits per heavy atom. The minimum Gasteiger partial charge on any atom is -0.449 e. The predicted molar refractivity (Wildman–Crippen MR) is 224 cm³/mol. The molecule has 0 aliphatic carbocycles. The van der Waals surface area contributed by atoms with Crippen molar-refractivity contribution in [1.82, 2.24) is 9.88 Å². The summed E-state index contributed by atoms with van der Waals surface area (Å²) in [5.74, 6) is 3.68. The van der Waals surface area contributed by atoms with Gasteiger partial charge in [-0.25, -0.2) is 4.99 Å². The summed E-state index contributed by atoms with van der Waals surface area (Å²) in [6.07, 6.45) is 2.21. The molecule has 0 radical (unpaired) electrons. The van der Waals surface area contributed by atoms with E-state index in [0.29, 0.717) is 23.0 Å². The highest BCUT2D eigenvalue weighted by Gasteiger charge is 2.26. The van der Waals surface area contributed by atoms with E-state index in [2.05, 4.69) is 162 Å². The normalized spacial score (nSPS) is 14.7. The maximum atomic E-state index is 6.65. The predicted octanol–water partition coefficient (Wildman–Crippen LogP) is 12.6. The van der Waals surface area contributed by atoms with Crippen molar-refractivity contribution < 1.29 is 9.47 Å². The number of fused-ring (bicyclic) bond motifs is 7. The summed E-state index contributed by atoms with van der Waals surface area (Å²) in [5.41, 5.74) is 9.61. The molecule has 0 saturated carbocycles. The van der Waals surface area contributed by atoms with Crippen molar-refractivity contribution in [2.45, 2.75) is 6.04 Å². The molecule has 5 heteroatoms. The van der Waals surface area contributed by atoms with Gasteiger partial charge in [0.05, 0.1) is 17.3 Å². The summed E-state index contributed by atoms with van der Waals surface area (Å²) < 4.78 is 15.4. The van der Waals surface area contributed by atoms with Crippen molar-refractivity contribution in [3.63, 3.8) is 0 Å². The third-order valence-electron chi connectivity index (χ3n) is 10.7. The van der Waals surface area contributed by atoms with Crippen LogP contribution in [0.2, 0.25) is 0 Å². The molecule has 2 aliphatic heterocycles. The number of rotatable bonds is 5. The van der Waals surface area contributed by atoms with Crippen molar-refractivity contribution in [2.75, 3.05) is 0 Å². The topological polar surface area (TPSA) is 47.8 Å². The molecular formula is C50H33N3O2. The van der Waals surface area contributed by atoms with Crippen molar-refractivity contribution in [3.05, 3.63) is 205 Å². The first-order valence-corrected chi connectivity index (χ1v) is 18.6. The van der Waals surface area contributed by atoms with Gasteiger partial charge in [-0.15, -0.1) is 0 Å². The number of aromatic nitrogens is 1. The molecule has 5 nitrogen and oxygen atoms in total. The first-order chi connectivity index (χ1) is 27.2. The van der Waals surface area contributed by atoms with Gasteiger partial charge in [0.25, 0.3) is 0 Å². The van der Waals surface area contributed by atoms with Gasteiger partial charge in [0, 0.05) is 22.0 Å². The zero-order valence-electron chi connectivity index (χ0n) is 29.7. The number of aliphatic imine (C=N–C) groups is 1. The van der Waals surface area contributed by atoms with Crippen LogP contribution in [-0.2, 0) is 0 Å². The Balaban J connectivity index is 1.01. The Hall–Kier alpha value is -7.37. The Labute approximate surface area is 318 Å². The van der Waals surface area contributed by atoms with Gasteiger partial charge in [-0.1, -0.05) is 127 Å². The number of nitrogens with zero attached hydrogens (tertiary/aromatic N) is 2. The Kier molecular flexibility index (Phi) is 7.17. The fourth-order valence-corrected chi connectivity index (χ4v) is 7.98. The highest BCUT2D eigenvalue weighted by Crippen LogP contribution is 2.51. The van der Waals surface area contributed by atoms with Crippen LogP contribution in [0.3, 0.4) is 0 Å². The molecule has 1 N–H and O–H groups in total. The van der Waals surface area contributed by atoms with Crippen LogP contribution in [0.25, 0.3) is 55.1 Å². The highest BCUT2D eigenvalue weighted by molar-refractivity contribution is 6.16. The van der Waals surface area contributed by atoms with Gasteiger partial charge in [-0.05, 0) is 93.7 Å². The van der Waals surface area contributed by atoms with E-state index in [0.717, 1.165) is 61.3 Å². The molecule has 0 saturated heterocycles. The van der Waals surface area contributed by atoms with E-state index >= 15 is 0 Å². The van der Waals surface area contributed by atoms with E-state index < -0.39 is 0 Å². The molecule has 8 aromatic carbocycles. The lowest BCUT2D eigenvalue weighted by Crippen LogP contribution is -2.31. The molecule has 9 aromatic rings. The van der Waals surface area contributed by atoms with E-state index in [4.69, 9.17) is 14.5 Å². The molecule has 0 fully saturated rings.